The Bertz CT molecular complexity index is 663. The van der Waals surface area contributed by atoms with Crippen LogP contribution in [0.5, 0.6) is 0 Å². The predicted molar refractivity (Wildman–Crippen MR) is 131 cm³/mol. The van der Waals surface area contributed by atoms with E-state index in [1.165, 1.54) is 76.4 Å². The predicted octanol–water partition coefficient (Wildman–Crippen LogP) is 6.31. The Labute approximate surface area is 198 Å². The van der Waals surface area contributed by atoms with E-state index in [2.05, 4.69) is 17.0 Å². The SMILES string of the molecule is CC(C)(F)C(=O)O.NCC1CCC(CN(Cc2ccc(Cl)cc2)CC2CCCCC2)CC1. The molecule has 0 aliphatic heterocycles. The molecule has 3 rings (SSSR count). The molecule has 0 atom stereocenters. The molecular formula is C26H42ClFN2O2. The molecule has 0 aromatic heterocycles. The van der Waals surface area contributed by atoms with Gasteiger partial charge in [-0.05, 0) is 94.4 Å². The van der Waals surface area contributed by atoms with Crippen molar-refractivity contribution >= 4 is 17.6 Å². The molecule has 182 valence electrons. The Kier molecular flexibility index (Phi) is 11.4. The first-order valence-corrected chi connectivity index (χ1v) is 12.6. The number of rotatable bonds is 8. The van der Waals surface area contributed by atoms with Gasteiger partial charge in [-0.15, -0.1) is 0 Å². The molecule has 0 bridgehead atoms. The Balaban J connectivity index is 0.000000451. The zero-order valence-electron chi connectivity index (χ0n) is 19.9. The molecule has 2 aliphatic carbocycles. The van der Waals surface area contributed by atoms with Crippen molar-refractivity contribution in [1.82, 2.24) is 4.90 Å². The molecule has 3 N–H and O–H groups in total. The Hall–Kier alpha value is -1.17. The van der Waals surface area contributed by atoms with Crippen molar-refractivity contribution in [2.75, 3.05) is 19.6 Å². The van der Waals surface area contributed by atoms with Crippen LogP contribution < -0.4 is 5.73 Å². The number of carboxylic acids is 1. The van der Waals surface area contributed by atoms with Crippen molar-refractivity contribution in [3.63, 3.8) is 0 Å². The lowest BCUT2D eigenvalue weighted by Gasteiger charge is -2.35. The van der Waals surface area contributed by atoms with Crippen LogP contribution in [0.25, 0.3) is 0 Å². The number of carboxylic acid groups (broad SMARTS) is 1. The van der Waals surface area contributed by atoms with Gasteiger partial charge < -0.3 is 10.8 Å². The first-order chi connectivity index (χ1) is 15.2. The van der Waals surface area contributed by atoms with E-state index in [1.807, 2.05) is 12.1 Å². The van der Waals surface area contributed by atoms with Gasteiger partial charge in [0.15, 0.2) is 0 Å². The van der Waals surface area contributed by atoms with Gasteiger partial charge in [-0.2, -0.15) is 0 Å². The number of hydrogen-bond acceptors (Lipinski definition) is 3. The third-order valence-electron chi connectivity index (χ3n) is 6.89. The number of alkyl halides is 1. The van der Waals surface area contributed by atoms with Crippen molar-refractivity contribution in [3.8, 4) is 0 Å². The van der Waals surface area contributed by atoms with E-state index in [0.29, 0.717) is 0 Å². The minimum Gasteiger partial charge on any atom is -0.479 e. The highest BCUT2D eigenvalue weighted by Crippen LogP contribution is 2.31. The van der Waals surface area contributed by atoms with Crippen LogP contribution >= 0.6 is 11.6 Å². The van der Waals surface area contributed by atoms with E-state index in [1.54, 1.807) is 0 Å². The Morgan fingerprint density at radius 1 is 1.00 bits per heavy atom. The van der Waals surface area contributed by atoms with E-state index in [-0.39, 0.29) is 0 Å². The van der Waals surface area contributed by atoms with E-state index in [0.717, 1.165) is 49.7 Å². The highest BCUT2D eigenvalue weighted by atomic mass is 35.5. The summed E-state index contributed by atoms with van der Waals surface area (Å²) < 4.78 is 11.9. The molecule has 0 saturated heterocycles. The second kappa shape index (κ2) is 13.5. The van der Waals surface area contributed by atoms with Crippen LogP contribution in [0.2, 0.25) is 5.02 Å². The number of carbonyl (C=O) groups is 1. The zero-order chi connectivity index (χ0) is 23.6. The lowest BCUT2D eigenvalue weighted by molar-refractivity contribution is -0.148. The monoisotopic (exact) mass is 468 g/mol. The van der Waals surface area contributed by atoms with Crippen molar-refractivity contribution in [1.29, 1.82) is 0 Å². The second-order valence-corrected chi connectivity index (χ2v) is 10.7. The van der Waals surface area contributed by atoms with Gasteiger partial charge in [0.25, 0.3) is 0 Å². The summed E-state index contributed by atoms with van der Waals surface area (Å²) in [5.41, 5.74) is 5.18. The van der Waals surface area contributed by atoms with E-state index in [9.17, 15) is 9.18 Å². The molecule has 2 aliphatic rings. The minimum absolute atomic E-state index is 0.777. The fourth-order valence-electron chi connectivity index (χ4n) is 4.80. The molecule has 4 nitrogen and oxygen atoms in total. The van der Waals surface area contributed by atoms with Gasteiger partial charge in [0, 0.05) is 24.7 Å². The van der Waals surface area contributed by atoms with Crippen LogP contribution in [0.4, 0.5) is 4.39 Å². The summed E-state index contributed by atoms with van der Waals surface area (Å²) in [4.78, 5) is 12.4. The van der Waals surface area contributed by atoms with Gasteiger partial charge in [0.05, 0.1) is 0 Å². The summed E-state index contributed by atoms with van der Waals surface area (Å²) in [7, 11) is 0. The molecule has 1 aromatic carbocycles. The maximum atomic E-state index is 11.9. The summed E-state index contributed by atoms with van der Waals surface area (Å²) in [6.45, 7) is 6.48. The van der Waals surface area contributed by atoms with Crippen LogP contribution in [0.15, 0.2) is 24.3 Å². The van der Waals surface area contributed by atoms with Crippen molar-refractivity contribution in [3.05, 3.63) is 34.9 Å². The first-order valence-electron chi connectivity index (χ1n) is 12.3. The highest BCUT2D eigenvalue weighted by Gasteiger charge is 2.25. The van der Waals surface area contributed by atoms with Crippen LogP contribution in [0.1, 0.15) is 77.2 Å². The Morgan fingerprint density at radius 3 is 1.94 bits per heavy atom. The number of halogens is 2. The summed E-state index contributed by atoms with van der Waals surface area (Å²) >= 11 is 6.06. The highest BCUT2D eigenvalue weighted by molar-refractivity contribution is 6.30. The molecule has 0 radical (unpaired) electrons. The summed E-state index contributed by atoms with van der Waals surface area (Å²) in [6, 6.07) is 8.45. The van der Waals surface area contributed by atoms with Gasteiger partial charge in [0.2, 0.25) is 5.67 Å². The number of aliphatic carboxylic acids is 1. The van der Waals surface area contributed by atoms with Gasteiger partial charge in [-0.1, -0.05) is 43.0 Å². The average molecular weight is 469 g/mol. The van der Waals surface area contributed by atoms with Crippen LogP contribution in [0.3, 0.4) is 0 Å². The van der Waals surface area contributed by atoms with Crippen LogP contribution in [0, 0.1) is 17.8 Å². The first kappa shape index (κ1) is 27.1. The molecule has 0 heterocycles. The number of benzene rings is 1. The number of hydrogen-bond donors (Lipinski definition) is 2. The van der Waals surface area contributed by atoms with Crippen molar-refractivity contribution in [2.45, 2.75) is 83.8 Å². The summed E-state index contributed by atoms with van der Waals surface area (Å²) in [5.74, 6) is 1.12. The maximum Gasteiger partial charge on any atom is 0.340 e. The number of nitrogens with two attached hydrogens (primary N) is 1. The van der Waals surface area contributed by atoms with Gasteiger partial charge in [-0.3, -0.25) is 4.90 Å². The maximum absolute atomic E-state index is 11.9. The van der Waals surface area contributed by atoms with Crippen molar-refractivity contribution in [2.24, 2.45) is 23.5 Å². The smallest absolute Gasteiger partial charge is 0.340 e. The quantitative estimate of drug-likeness (QED) is 0.469. The minimum atomic E-state index is -2.08. The molecule has 0 spiro atoms. The average Bonchev–Trinajstić information content (AvgIpc) is 2.76. The van der Waals surface area contributed by atoms with Gasteiger partial charge in [-0.25, -0.2) is 9.18 Å². The standard InChI is InChI=1S/C22H35ClN2.C4H7FO2/c23-22-12-10-21(11-13-22)17-25(15-19-4-2-1-3-5-19)16-20-8-6-18(14-24)7-9-20;1-4(2,5)3(6)7/h10-13,18-20H,1-9,14-17,24H2;1-2H3,(H,6,7). The molecule has 0 unspecified atom stereocenters. The largest absolute Gasteiger partial charge is 0.479 e. The second-order valence-electron chi connectivity index (χ2n) is 10.2. The van der Waals surface area contributed by atoms with Gasteiger partial charge in [0.1, 0.15) is 0 Å². The molecule has 2 saturated carbocycles. The number of nitrogens with zero attached hydrogens (tertiary/aromatic N) is 1. The molecule has 2 fully saturated rings. The lowest BCUT2D eigenvalue weighted by atomic mass is 9.81. The fourth-order valence-corrected chi connectivity index (χ4v) is 4.93. The van der Waals surface area contributed by atoms with E-state index < -0.39 is 11.6 Å². The third kappa shape index (κ3) is 10.2. The molecule has 32 heavy (non-hydrogen) atoms. The van der Waals surface area contributed by atoms with E-state index in [4.69, 9.17) is 22.4 Å². The van der Waals surface area contributed by atoms with Crippen LogP contribution in [-0.4, -0.2) is 41.3 Å². The lowest BCUT2D eigenvalue weighted by Crippen LogP contribution is -2.36. The zero-order valence-corrected chi connectivity index (χ0v) is 20.6. The third-order valence-corrected chi connectivity index (χ3v) is 7.14. The molecule has 1 aromatic rings. The van der Waals surface area contributed by atoms with Crippen LogP contribution in [-0.2, 0) is 11.3 Å². The molecule has 0 amide bonds. The van der Waals surface area contributed by atoms with Gasteiger partial charge >= 0.3 is 5.97 Å². The normalized spacial score (nSPS) is 22.3. The summed E-state index contributed by atoms with van der Waals surface area (Å²) in [6.07, 6.45) is 12.6. The molecule has 6 heteroatoms. The van der Waals surface area contributed by atoms with Crippen molar-refractivity contribution < 1.29 is 14.3 Å². The Morgan fingerprint density at radius 2 is 1.47 bits per heavy atom. The summed E-state index contributed by atoms with van der Waals surface area (Å²) in [5, 5.41) is 8.71. The van der Waals surface area contributed by atoms with E-state index >= 15 is 0 Å². The topological polar surface area (TPSA) is 66.6 Å². The molecular weight excluding hydrogens is 427 g/mol. The fraction of sp³-hybridized carbons (Fsp3) is 0.731.